The zero-order chi connectivity index (χ0) is 39.9. The minimum atomic E-state index is -1.73. The molecular formula is C38H50N4O13. The number of carbonyl (C=O) groups excluding carboxylic acids is 8. The molecule has 4 aliphatic heterocycles. The largest absolute Gasteiger partial charge is 0.467 e. The number of ether oxygens (including phenoxy) is 5. The van der Waals surface area contributed by atoms with Crippen LogP contribution in [0.5, 0.6) is 0 Å². The fourth-order valence-corrected chi connectivity index (χ4v) is 13.0. The molecule has 8 fully saturated rings. The summed E-state index contributed by atoms with van der Waals surface area (Å²) < 4.78 is 28.4. The number of amides is 6. The van der Waals surface area contributed by atoms with Gasteiger partial charge in [0.05, 0.1) is 37.9 Å². The second-order valence-corrected chi connectivity index (χ2v) is 18.5. The van der Waals surface area contributed by atoms with Crippen molar-refractivity contribution < 1.29 is 62.0 Å². The maximum atomic E-state index is 14.4. The molecule has 17 heteroatoms. The van der Waals surface area contributed by atoms with Crippen LogP contribution in [-0.4, -0.2) is 120 Å². The van der Waals surface area contributed by atoms with Crippen LogP contribution in [0.1, 0.15) is 54.4 Å². The van der Waals surface area contributed by atoms with Crippen molar-refractivity contribution in [2.75, 3.05) is 40.4 Å². The topological polar surface area (TPSA) is 213 Å². The number of imide groups is 2. The highest BCUT2D eigenvalue weighted by Gasteiger charge is 2.93. The van der Waals surface area contributed by atoms with Crippen LogP contribution in [0.3, 0.4) is 0 Å². The number of hydrogen-bond acceptors (Lipinski definition) is 13. The number of alkyl carbamates (subject to hydrolysis) is 2. The van der Waals surface area contributed by atoms with Crippen LogP contribution < -0.4 is 10.6 Å². The molecule has 14 atom stereocenters. The first-order valence-electron chi connectivity index (χ1n) is 19.3. The summed E-state index contributed by atoms with van der Waals surface area (Å²) in [5, 5.41) is 5.19. The Bertz CT molecular complexity index is 1590. The summed E-state index contributed by atoms with van der Waals surface area (Å²) in [6, 6.07) is 0. The van der Waals surface area contributed by atoms with Gasteiger partial charge >= 0.3 is 24.1 Å². The lowest BCUT2D eigenvalue weighted by atomic mass is 9.47. The molecule has 6 bridgehead atoms. The SMILES string of the molecule is COC(=O)C12OC(C(=O)OC)([C@@H]3[C@@H]4C[C@@H]([C@@H]5C(=O)N(CCNC(=O)OC(C)(C)C)C(=O)[C@H]45)[C@@H]31)[C@H]1[C@H]3C[C@H]([C@H]4C(=O)N(CCNC(=O)OC(C)(C)C)C(=O)[C@@H]34)[C@H]12. The van der Waals surface area contributed by atoms with E-state index >= 15 is 0 Å². The summed E-state index contributed by atoms with van der Waals surface area (Å²) in [7, 11) is 2.47. The third-order valence-electron chi connectivity index (χ3n) is 13.9. The minimum absolute atomic E-state index is 0.0260. The van der Waals surface area contributed by atoms with Gasteiger partial charge in [0.15, 0.2) is 11.2 Å². The number of nitrogens with zero attached hydrogens (tertiary/aromatic N) is 2. The predicted molar refractivity (Wildman–Crippen MR) is 184 cm³/mol. The second kappa shape index (κ2) is 12.1. The molecule has 300 valence electrons. The van der Waals surface area contributed by atoms with Crippen molar-refractivity contribution in [2.45, 2.75) is 76.8 Å². The van der Waals surface area contributed by atoms with E-state index in [1.54, 1.807) is 41.5 Å². The highest BCUT2D eigenvalue weighted by Crippen LogP contribution is 2.83. The normalized spacial score (nSPS) is 41.3. The maximum Gasteiger partial charge on any atom is 0.407 e. The fourth-order valence-electron chi connectivity index (χ4n) is 13.0. The van der Waals surface area contributed by atoms with Crippen LogP contribution in [-0.2, 0) is 52.5 Å². The van der Waals surface area contributed by atoms with E-state index in [4.69, 9.17) is 23.7 Å². The van der Waals surface area contributed by atoms with Crippen molar-refractivity contribution in [3.8, 4) is 0 Å². The maximum absolute atomic E-state index is 14.4. The number of esters is 2. The summed E-state index contributed by atoms with van der Waals surface area (Å²) in [5.41, 5.74) is -4.92. The van der Waals surface area contributed by atoms with Crippen molar-refractivity contribution in [1.82, 2.24) is 20.4 Å². The molecule has 8 aliphatic rings. The van der Waals surface area contributed by atoms with Gasteiger partial charge in [0.2, 0.25) is 23.6 Å². The molecule has 17 nitrogen and oxygen atoms in total. The van der Waals surface area contributed by atoms with Gasteiger partial charge in [-0.3, -0.25) is 29.0 Å². The van der Waals surface area contributed by atoms with E-state index < -0.39 is 141 Å². The van der Waals surface area contributed by atoms with Crippen LogP contribution in [0.25, 0.3) is 0 Å². The lowest BCUT2D eigenvalue weighted by Gasteiger charge is -2.51. The van der Waals surface area contributed by atoms with E-state index in [-0.39, 0.29) is 26.2 Å². The number of likely N-dealkylation sites (tertiary alicyclic amines) is 2. The third-order valence-corrected chi connectivity index (χ3v) is 13.9. The van der Waals surface area contributed by atoms with Gasteiger partial charge in [0.25, 0.3) is 0 Å². The number of carbonyl (C=O) groups is 8. The quantitative estimate of drug-likeness (QED) is 0.200. The molecule has 0 aromatic rings. The molecule has 2 N–H and O–H groups in total. The Morgan fingerprint density at radius 3 is 1.15 bits per heavy atom. The van der Waals surface area contributed by atoms with Crippen molar-refractivity contribution in [3.63, 3.8) is 0 Å². The van der Waals surface area contributed by atoms with E-state index in [0.717, 1.165) is 9.80 Å². The van der Waals surface area contributed by atoms with Crippen molar-refractivity contribution in [1.29, 1.82) is 0 Å². The van der Waals surface area contributed by atoms with Crippen molar-refractivity contribution in [2.24, 2.45) is 71.0 Å². The number of hydrogen-bond donors (Lipinski definition) is 2. The summed E-state index contributed by atoms with van der Waals surface area (Å²) in [4.78, 5) is 112. The third kappa shape index (κ3) is 4.92. The molecule has 4 aliphatic carbocycles. The Morgan fingerprint density at radius 1 is 0.600 bits per heavy atom. The van der Waals surface area contributed by atoms with Crippen LogP contribution >= 0.6 is 0 Å². The molecule has 4 saturated heterocycles. The second-order valence-electron chi connectivity index (χ2n) is 18.5. The molecule has 0 aromatic carbocycles. The first kappa shape index (κ1) is 37.6. The standard InChI is InChI=1S/C38H50N4O13/c1-35(2,3)53-33(49)39-9-11-41-27(43)19-15-13-16(20(19)28(41)44)24-23(15)37(31(47)51-7)25-17-14-18(26(25)38(24,55-37)32(48)52-8)22-21(17)29(45)42(30(22)46)12-10-40-34(50)54-36(4,5)6/h15-26H,9-14H2,1-8H3,(H,39,49)(H,40,50)/t15-,16+,17+,18-,19-,20+,21+,22-,23-,24+,25+,26-,37?,38?. The highest BCUT2D eigenvalue weighted by molar-refractivity contribution is 6.08. The molecule has 0 spiro atoms. The van der Waals surface area contributed by atoms with E-state index in [1.165, 1.54) is 14.2 Å². The van der Waals surface area contributed by atoms with Crippen LogP contribution in [0.4, 0.5) is 9.59 Å². The molecule has 6 amide bonds. The molecule has 0 aromatic heterocycles. The van der Waals surface area contributed by atoms with Crippen LogP contribution in [0.15, 0.2) is 0 Å². The lowest BCUT2D eigenvalue weighted by molar-refractivity contribution is -0.188. The fraction of sp³-hybridized carbons (Fsp3) is 0.789. The Morgan fingerprint density at radius 2 is 0.891 bits per heavy atom. The van der Waals surface area contributed by atoms with E-state index in [0.29, 0.717) is 12.8 Å². The minimum Gasteiger partial charge on any atom is -0.467 e. The summed E-state index contributed by atoms with van der Waals surface area (Å²) in [5.74, 6) is -11.0. The van der Waals surface area contributed by atoms with E-state index in [1.807, 2.05) is 0 Å². The summed E-state index contributed by atoms with van der Waals surface area (Å²) in [6.07, 6.45) is -0.548. The lowest BCUT2D eigenvalue weighted by Crippen LogP contribution is -2.64. The molecule has 0 radical (unpaired) electrons. The number of rotatable bonds is 8. The van der Waals surface area contributed by atoms with Gasteiger partial charge in [-0.1, -0.05) is 0 Å². The van der Waals surface area contributed by atoms with Crippen molar-refractivity contribution in [3.05, 3.63) is 0 Å². The van der Waals surface area contributed by atoms with Crippen LogP contribution in [0.2, 0.25) is 0 Å². The average Bonchev–Trinajstić information content (AvgIpc) is 3.95. The highest BCUT2D eigenvalue weighted by atomic mass is 16.6. The molecule has 2 unspecified atom stereocenters. The Labute approximate surface area is 318 Å². The molecule has 4 saturated carbocycles. The van der Waals surface area contributed by atoms with Gasteiger partial charge in [0, 0.05) is 49.9 Å². The van der Waals surface area contributed by atoms with Gasteiger partial charge in [-0.2, -0.15) is 0 Å². The van der Waals surface area contributed by atoms with E-state index in [2.05, 4.69) is 10.6 Å². The van der Waals surface area contributed by atoms with Gasteiger partial charge in [0.1, 0.15) is 11.2 Å². The van der Waals surface area contributed by atoms with Gasteiger partial charge < -0.3 is 34.3 Å². The number of fused-ring (bicyclic) bond motifs is 22. The molecular weight excluding hydrogens is 720 g/mol. The van der Waals surface area contributed by atoms with Gasteiger partial charge in [-0.15, -0.1) is 0 Å². The smallest absolute Gasteiger partial charge is 0.407 e. The Hall–Kier alpha value is -4.28. The zero-order valence-corrected chi connectivity index (χ0v) is 32.4. The molecule has 4 heterocycles. The van der Waals surface area contributed by atoms with E-state index in [9.17, 15) is 38.4 Å². The monoisotopic (exact) mass is 770 g/mol. The molecule has 8 rings (SSSR count). The summed E-state index contributed by atoms with van der Waals surface area (Å²) in [6.45, 7) is 10.1. The predicted octanol–water partition coefficient (Wildman–Crippen LogP) is 0.870. The van der Waals surface area contributed by atoms with Gasteiger partial charge in [-0.25, -0.2) is 19.2 Å². The first-order valence-corrected chi connectivity index (χ1v) is 19.3. The Kier molecular flexibility index (Phi) is 8.29. The Balaban J connectivity index is 1.09. The zero-order valence-electron chi connectivity index (χ0n) is 32.4. The van der Waals surface area contributed by atoms with Crippen molar-refractivity contribution >= 4 is 47.8 Å². The molecule has 55 heavy (non-hydrogen) atoms. The van der Waals surface area contributed by atoms with Gasteiger partial charge in [-0.05, 0) is 78.1 Å². The summed E-state index contributed by atoms with van der Waals surface area (Å²) >= 11 is 0. The first-order chi connectivity index (χ1) is 25.7. The number of methoxy groups -OCH3 is 2. The average molecular weight is 771 g/mol. The van der Waals surface area contributed by atoms with Crippen LogP contribution in [0, 0.1) is 71.0 Å². The number of nitrogens with one attached hydrogen (secondary N) is 2.